The number of halogens is 1. The number of rotatable bonds is 2. The van der Waals surface area contributed by atoms with Crippen molar-refractivity contribution in [3.8, 4) is 0 Å². The van der Waals surface area contributed by atoms with Gasteiger partial charge in [-0.15, -0.1) is 0 Å². The molecule has 0 aromatic carbocycles. The Balaban J connectivity index is 2.26. The molecule has 1 aliphatic heterocycles. The fraction of sp³-hybridized carbons (Fsp3) is 0.400. The van der Waals surface area contributed by atoms with Gasteiger partial charge in [-0.2, -0.15) is 0 Å². The molecular weight excluding hydrogens is 230 g/mol. The molecule has 2 heterocycles. The summed E-state index contributed by atoms with van der Waals surface area (Å²) in [5.74, 6) is 0.0330. The van der Waals surface area contributed by atoms with E-state index < -0.39 is 5.91 Å². The zero-order valence-electron chi connectivity index (χ0n) is 8.56. The Bertz CT molecular complexity index is 425. The molecule has 1 saturated heterocycles. The summed E-state index contributed by atoms with van der Waals surface area (Å²) >= 11 is 6.01. The predicted octanol–water partition coefficient (Wildman–Crippen LogP) is 0.405. The maximum Gasteiger partial charge on any atom is 0.250 e. The third kappa shape index (κ3) is 2.10. The van der Waals surface area contributed by atoms with Crippen molar-refractivity contribution in [1.82, 2.24) is 4.98 Å². The summed E-state index contributed by atoms with van der Waals surface area (Å²) in [6.07, 6.45) is 1.76. The van der Waals surface area contributed by atoms with Crippen LogP contribution in [0.3, 0.4) is 0 Å². The number of primary amides is 1. The van der Waals surface area contributed by atoms with E-state index in [1.165, 1.54) is 12.3 Å². The van der Waals surface area contributed by atoms with Gasteiger partial charge in [0.1, 0.15) is 5.82 Å². The van der Waals surface area contributed by atoms with E-state index in [2.05, 4.69) is 4.98 Å². The van der Waals surface area contributed by atoms with Gasteiger partial charge in [0.2, 0.25) is 5.91 Å². The first-order chi connectivity index (χ1) is 7.58. The van der Waals surface area contributed by atoms with Crippen LogP contribution in [-0.2, 0) is 0 Å². The van der Waals surface area contributed by atoms with Gasteiger partial charge < -0.3 is 15.7 Å². The number of aliphatic hydroxyl groups excluding tert-OH is 1. The summed E-state index contributed by atoms with van der Waals surface area (Å²) < 4.78 is 0. The number of carbonyl (C=O) groups is 1. The predicted molar refractivity (Wildman–Crippen MR) is 60.6 cm³/mol. The molecule has 0 bridgehead atoms. The summed E-state index contributed by atoms with van der Waals surface area (Å²) in [5.41, 5.74) is 5.40. The Morgan fingerprint density at radius 2 is 2.44 bits per heavy atom. The molecule has 5 nitrogen and oxygen atoms in total. The van der Waals surface area contributed by atoms with E-state index in [4.69, 9.17) is 17.3 Å². The molecule has 6 heteroatoms. The van der Waals surface area contributed by atoms with Crippen LogP contribution >= 0.6 is 11.6 Å². The van der Waals surface area contributed by atoms with E-state index in [0.29, 0.717) is 30.4 Å². The van der Waals surface area contributed by atoms with Crippen molar-refractivity contribution >= 4 is 23.3 Å². The lowest BCUT2D eigenvalue weighted by molar-refractivity contribution is 0.1000. The topological polar surface area (TPSA) is 79.5 Å². The van der Waals surface area contributed by atoms with Gasteiger partial charge in [-0.05, 0) is 12.5 Å². The average Bonchev–Trinajstić information content (AvgIpc) is 2.64. The van der Waals surface area contributed by atoms with Crippen molar-refractivity contribution in [3.63, 3.8) is 0 Å². The molecule has 0 radical (unpaired) electrons. The summed E-state index contributed by atoms with van der Waals surface area (Å²) in [5, 5.41) is 9.79. The van der Waals surface area contributed by atoms with Crippen LogP contribution in [0.4, 0.5) is 5.82 Å². The van der Waals surface area contributed by atoms with Crippen LogP contribution in [0.5, 0.6) is 0 Å². The van der Waals surface area contributed by atoms with Gasteiger partial charge in [0.05, 0.1) is 16.7 Å². The highest BCUT2D eigenvalue weighted by molar-refractivity contribution is 6.33. The van der Waals surface area contributed by atoms with Crippen molar-refractivity contribution in [2.45, 2.75) is 12.5 Å². The lowest BCUT2D eigenvalue weighted by Gasteiger charge is -2.17. The van der Waals surface area contributed by atoms with Gasteiger partial charge in [0.25, 0.3) is 0 Å². The summed E-state index contributed by atoms with van der Waals surface area (Å²) in [4.78, 5) is 16.9. The Morgan fingerprint density at radius 3 is 2.94 bits per heavy atom. The molecule has 0 unspecified atom stereocenters. The number of hydrogen-bond donors (Lipinski definition) is 2. The molecule has 1 aliphatic rings. The lowest BCUT2D eigenvalue weighted by Crippen LogP contribution is -2.23. The third-order valence-electron chi connectivity index (χ3n) is 2.57. The lowest BCUT2D eigenvalue weighted by atomic mass is 10.2. The fourth-order valence-corrected chi connectivity index (χ4v) is 2.02. The van der Waals surface area contributed by atoms with Gasteiger partial charge in [0, 0.05) is 19.3 Å². The second kappa shape index (κ2) is 4.27. The molecule has 0 spiro atoms. The van der Waals surface area contributed by atoms with Crippen molar-refractivity contribution in [2.24, 2.45) is 5.73 Å². The number of pyridine rings is 1. The minimum absolute atomic E-state index is 0.286. The van der Waals surface area contributed by atoms with Crippen molar-refractivity contribution in [3.05, 3.63) is 22.8 Å². The smallest absolute Gasteiger partial charge is 0.250 e. The van der Waals surface area contributed by atoms with Gasteiger partial charge in [-0.25, -0.2) is 4.98 Å². The molecule has 1 fully saturated rings. The molecule has 0 aliphatic carbocycles. The quantitative estimate of drug-likeness (QED) is 0.786. The second-order valence-corrected chi connectivity index (χ2v) is 4.19. The maximum atomic E-state index is 10.9. The second-order valence-electron chi connectivity index (χ2n) is 3.78. The van der Waals surface area contributed by atoms with E-state index in [0.717, 1.165) is 0 Å². The molecule has 16 heavy (non-hydrogen) atoms. The zero-order chi connectivity index (χ0) is 11.7. The number of nitrogens with zero attached hydrogens (tertiary/aromatic N) is 2. The normalized spacial score (nSPS) is 20.1. The first-order valence-corrected chi connectivity index (χ1v) is 5.34. The summed E-state index contributed by atoms with van der Waals surface area (Å²) in [6.45, 7) is 1.23. The van der Waals surface area contributed by atoms with Crippen LogP contribution in [-0.4, -0.2) is 35.2 Å². The van der Waals surface area contributed by atoms with Crippen molar-refractivity contribution < 1.29 is 9.90 Å². The SMILES string of the molecule is NC(=O)c1cnc(N2CC[C@H](O)C2)c(Cl)c1. The maximum absolute atomic E-state index is 10.9. The molecule has 1 aromatic rings. The number of nitrogens with two attached hydrogens (primary N) is 1. The van der Waals surface area contributed by atoms with E-state index in [1.807, 2.05) is 4.90 Å². The zero-order valence-corrected chi connectivity index (χ0v) is 9.31. The number of β-amino-alcohol motifs (C(OH)–C–C–N with tert-alkyl or cyclic N) is 1. The highest BCUT2D eigenvalue weighted by atomic mass is 35.5. The number of carbonyl (C=O) groups excluding carboxylic acids is 1. The van der Waals surface area contributed by atoms with Crippen molar-refractivity contribution in [2.75, 3.05) is 18.0 Å². The molecule has 0 saturated carbocycles. The monoisotopic (exact) mass is 241 g/mol. The highest BCUT2D eigenvalue weighted by Crippen LogP contribution is 2.26. The minimum Gasteiger partial charge on any atom is -0.391 e. The van der Waals surface area contributed by atoms with Gasteiger partial charge in [-0.1, -0.05) is 11.6 Å². The Kier molecular flexibility index (Phi) is 2.98. The summed E-state index contributed by atoms with van der Waals surface area (Å²) in [6, 6.07) is 1.50. The minimum atomic E-state index is -0.553. The first-order valence-electron chi connectivity index (χ1n) is 4.96. The van der Waals surface area contributed by atoms with Crippen LogP contribution in [0.15, 0.2) is 12.3 Å². The van der Waals surface area contributed by atoms with Crippen LogP contribution in [0, 0.1) is 0 Å². The standard InChI is InChI=1S/C10H12ClN3O2/c11-8-3-6(9(12)16)4-13-10(8)14-2-1-7(15)5-14/h3-4,7,15H,1-2,5H2,(H2,12,16)/t7-/m0/s1. The van der Waals surface area contributed by atoms with Gasteiger partial charge in [0.15, 0.2) is 0 Å². The molecule has 1 atom stereocenters. The van der Waals surface area contributed by atoms with Crippen LogP contribution in [0.25, 0.3) is 0 Å². The molecule has 86 valence electrons. The van der Waals surface area contributed by atoms with E-state index in [-0.39, 0.29) is 11.7 Å². The van der Waals surface area contributed by atoms with Crippen molar-refractivity contribution in [1.29, 1.82) is 0 Å². The van der Waals surface area contributed by atoms with Crippen LogP contribution in [0.1, 0.15) is 16.8 Å². The molecular formula is C10H12ClN3O2. The van der Waals surface area contributed by atoms with E-state index >= 15 is 0 Å². The molecule has 3 N–H and O–H groups in total. The number of aliphatic hydroxyl groups is 1. The Morgan fingerprint density at radius 1 is 1.69 bits per heavy atom. The number of aromatic nitrogens is 1. The number of anilines is 1. The molecule has 2 rings (SSSR count). The fourth-order valence-electron chi connectivity index (χ4n) is 1.73. The number of amides is 1. The van der Waals surface area contributed by atoms with Gasteiger partial charge >= 0.3 is 0 Å². The van der Waals surface area contributed by atoms with Crippen LogP contribution < -0.4 is 10.6 Å². The summed E-state index contributed by atoms with van der Waals surface area (Å²) in [7, 11) is 0. The average molecular weight is 242 g/mol. The molecule has 1 amide bonds. The Labute approximate surface area is 97.8 Å². The first kappa shape index (κ1) is 11.2. The largest absolute Gasteiger partial charge is 0.391 e. The van der Waals surface area contributed by atoms with Crippen LogP contribution in [0.2, 0.25) is 5.02 Å². The third-order valence-corrected chi connectivity index (χ3v) is 2.85. The number of hydrogen-bond acceptors (Lipinski definition) is 4. The highest BCUT2D eigenvalue weighted by Gasteiger charge is 2.23. The Hall–Kier alpha value is -1.33. The van der Waals surface area contributed by atoms with Gasteiger partial charge in [-0.3, -0.25) is 4.79 Å². The van der Waals surface area contributed by atoms with E-state index in [1.54, 1.807) is 0 Å². The molecule has 1 aromatic heterocycles. The van der Waals surface area contributed by atoms with E-state index in [9.17, 15) is 9.90 Å².